The maximum atomic E-state index is 6.17. The molecular weight excluding hydrogens is 206 g/mol. The van der Waals surface area contributed by atoms with Crippen LogP contribution >= 0.6 is 0 Å². The minimum Gasteiger partial charge on any atom is -0.324 e. The fraction of sp³-hybridized carbons (Fsp3) is 0.625. The van der Waals surface area contributed by atoms with Gasteiger partial charge in [0.05, 0.1) is 0 Å². The van der Waals surface area contributed by atoms with E-state index in [0.717, 1.165) is 5.92 Å². The van der Waals surface area contributed by atoms with Crippen molar-refractivity contribution in [1.29, 1.82) is 0 Å². The number of hydrogen-bond acceptors (Lipinski definition) is 1. The van der Waals surface area contributed by atoms with Gasteiger partial charge in [0, 0.05) is 6.04 Å². The van der Waals surface area contributed by atoms with Crippen molar-refractivity contribution in [3.05, 3.63) is 35.4 Å². The average molecular weight is 231 g/mol. The third-order valence-corrected chi connectivity index (χ3v) is 4.12. The van der Waals surface area contributed by atoms with E-state index in [-0.39, 0.29) is 6.04 Å². The summed E-state index contributed by atoms with van der Waals surface area (Å²) in [6.07, 6.45) is 6.97. The van der Waals surface area contributed by atoms with Gasteiger partial charge in [-0.1, -0.05) is 57.4 Å². The summed E-state index contributed by atoms with van der Waals surface area (Å²) in [5, 5.41) is 0. The Morgan fingerprint density at radius 1 is 1.00 bits per heavy atom. The molecule has 94 valence electrons. The Bertz CT molecular complexity index is 333. The first-order chi connectivity index (χ1) is 8.18. The van der Waals surface area contributed by atoms with E-state index in [0.29, 0.717) is 5.92 Å². The molecule has 1 aliphatic carbocycles. The van der Waals surface area contributed by atoms with Crippen LogP contribution in [-0.4, -0.2) is 0 Å². The molecule has 1 fully saturated rings. The zero-order chi connectivity index (χ0) is 12.3. The first-order valence-electron chi connectivity index (χ1n) is 7.04. The van der Waals surface area contributed by atoms with E-state index >= 15 is 0 Å². The second kappa shape index (κ2) is 5.68. The number of benzene rings is 1. The molecule has 2 N–H and O–H groups in total. The SMILES string of the molecule is CC(C)[C@H](N)c1ccc(C2CCCCC2)cc1. The molecule has 1 aromatic rings. The van der Waals surface area contributed by atoms with Gasteiger partial charge in [0.1, 0.15) is 0 Å². The molecule has 1 heteroatoms. The van der Waals surface area contributed by atoms with Gasteiger partial charge in [-0.2, -0.15) is 0 Å². The Morgan fingerprint density at radius 2 is 1.59 bits per heavy atom. The predicted octanol–water partition coefficient (Wildman–Crippen LogP) is 4.39. The smallest absolute Gasteiger partial charge is 0.0318 e. The molecule has 1 atom stereocenters. The molecule has 0 aromatic heterocycles. The van der Waals surface area contributed by atoms with Crippen LogP contribution in [0.4, 0.5) is 0 Å². The number of nitrogens with two attached hydrogens (primary N) is 1. The van der Waals surface area contributed by atoms with Gasteiger partial charge in [-0.15, -0.1) is 0 Å². The van der Waals surface area contributed by atoms with E-state index in [1.54, 1.807) is 0 Å². The quantitative estimate of drug-likeness (QED) is 0.820. The molecule has 17 heavy (non-hydrogen) atoms. The standard InChI is InChI=1S/C16H25N/c1-12(2)16(17)15-10-8-14(9-11-15)13-6-4-3-5-7-13/h8-13,16H,3-7,17H2,1-2H3/t16-/m0/s1. The van der Waals surface area contributed by atoms with Gasteiger partial charge in [-0.25, -0.2) is 0 Å². The summed E-state index contributed by atoms with van der Waals surface area (Å²) < 4.78 is 0. The fourth-order valence-electron chi connectivity index (χ4n) is 2.81. The fourth-order valence-corrected chi connectivity index (χ4v) is 2.81. The molecule has 2 rings (SSSR count). The van der Waals surface area contributed by atoms with Gasteiger partial charge in [0.2, 0.25) is 0 Å². The lowest BCUT2D eigenvalue weighted by Gasteiger charge is -2.23. The molecule has 0 amide bonds. The summed E-state index contributed by atoms with van der Waals surface area (Å²) in [6, 6.07) is 9.24. The molecule has 0 unspecified atom stereocenters. The number of rotatable bonds is 3. The minimum absolute atomic E-state index is 0.176. The molecular formula is C16H25N. The monoisotopic (exact) mass is 231 g/mol. The van der Waals surface area contributed by atoms with Gasteiger partial charge in [-0.3, -0.25) is 0 Å². The largest absolute Gasteiger partial charge is 0.324 e. The minimum atomic E-state index is 0.176. The molecule has 0 saturated heterocycles. The molecule has 0 heterocycles. The lowest BCUT2D eigenvalue weighted by molar-refractivity contribution is 0.443. The second-order valence-corrected chi connectivity index (χ2v) is 5.77. The molecule has 1 aromatic carbocycles. The topological polar surface area (TPSA) is 26.0 Å². The molecule has 1 nitrogen and oxygen atoms in total. The molecule has 0 aliphatic heterocycles. The second-order valence-electron chi connectivity index (χ2n) is 5.77. The average Bonchev–Trinajstić information content (AvgIpc) is 2.39. The van der Waals surface area contributed by atoms with Crippen LogP contribution in [0.3, 0.4) is 0 Å². The van der Waals surface area contributed by atoms with Crippen molar-refractivity contribution in [2.24, 2.45) is 11.7 Å². The van der Waals surface area contributed by atoms with E-state index in [2.05, 4.69) is 38.1 Å². The Kier molecular flexibility index (Phi) is 4.22. The van der Waals surface area contributed by atoms with Crippen LogP contribution in [0.15, 0.2) is 24.3 Å². The van der Waals surface area contributed by atoms with Gasteiger partial charge in [-0.05, 0) is 35.8 Å². The molecule has 0 bridgehead atoms. The summed E-state index contributed by atoms with van der Waals surface area (Å²) >= 11 is 0. The van der Waals surface area contributed by atoms with Crippen molar-refractivity contribution >= 4 is 0 Å². The molecule has 0 radical (unpaired) electrons. The van der Waals surface area contributed by atoms with Crippen molar-refractivity contribution < 1.29 is 0 Å². The van der Waals surface area contributed by atoms with Gasteiger partial charge in [0.25, 0.3) is 0 Å². The summed E-state index contributed by atoms with van der Waals surface area (Å²) in [5.74, 6) is 1.31. The Labute approximate surface area is 105 Å². The van der Waals surface area contributed by atoms with Crippen molar-refractivity contribution in [3.8, 4) is 0 Å². The van der Waals surface area contributed by atoms with E-state index in [1.807, 2.05) is 0 Å². The van der Waals surface area contributed by atoms with Crippen LogP contribution in [0.2, 0.25) is 0 Å². The van der Waals surface area contributed by atoms with Gasteiger partial charge < -0.3 is 5.73 Å². The normalized spacial score (nSPS) is 19.5. The van der Waals surface area contributed by atoms with E-state index < -0.39 is 0 Å². The van der Waals surface area contributed by atoms with Gasteiger partial charge >= 0.3 is 0 Å². The highest BCUT2D eigenvalue weighted by atomic mass is 14.6. The van der Waals surface area contributed by atoms with Gasteiger partial charge in [0.15, 0.2) is 0 Å². The van der Waals surface area contributed by atoms with Crippen LogP contribution in [0, 0.1) is 5.92 Å². The van der Waals surface area contributed by atoms with Crippen molar-refractivity contribution in [2.45, 2.75) is 57.9 Å². The highest BCUT2D eigenvalue weighted by molar-refractivity contribution is 5.27. The lowest BCUT2D eigenvalue weighted by Crippen LogP contribution is -2.16. The first kappa shape index (κ1) is 12.6. The predicted molar refractivity (Wildman–Crippen MR) is 74.0 cm³/mol. The van der Waals surface area contributed by atoms with E-state index in [4.69, 9.17) is 5.73 Å². The van der Waals surface area contributed by atoms with Crippen LogP contribution in [0.1, 0.15) is 69.0 Å². The number of hydrogen-bond donors (Lipinski definition) is 1. The summed E-state index contributed by atoms with van der Waals surface area (Å²) in [7, 11) is 0. The zero-order valence-corrected chi connectivity index (χ0v) is 11.2. The van der Waals surface area contributed by atoms with Crippen LogP contribution in [-0.2, 0) is 0 Å². The maximum Gasteiger partial charge on any atom is 0.0318 e. The Balaban J connectivity index is 2.06. The maximum absolute atomic E-state index is 6.17. The van der Waals surface area contributed by atoms with E-state index in [1.165, 1.54) is 43.2 Å². The lowest BCUT2D eigenvalue weighted by atomic mass is 9.83. The molecule has 0 spiro atoms. The van der Waals surface area contributed by atoms with Crippen molar-refractivity contribution in [1.82, 2.24) is 0 Å². The van der Waals surface area contributed by atoms with Crippen molar-refractivity contribution in [3.63, 3.8) is 0 Å². The highest BCUT2D eigenvalue weighted by Crippen LogP contribution is 2.33. The van der Waals surface area contributed by atoms with Crippen LogP contribution in [0.25, 0.3) is 0 Å². The zero-order valence-electron chi connectivity index (χ0n) is 11.2. The third kappa shape index (κ3) is 3.10. The Morgan fingerprint density at radius 3 is 2.12 bits per heavy atom. The Hall–Kier alpha value is -0.820. The van der Waals surface area contributed by atoms with E-state index in [9.17, 15) is 0 Å². The molecule has 1 saturated carbocycles. The van der Waals surface area contributed by atoms with Crippen molar-refractivity contribution in [2.75, 3.05) is 0 Å². The first-order valence-corrected chi connectivity index (χ1v) is 7.04. The third-order valence-electron chi connectivity index (χ3n) is 4.12. The summed E-state index contributed by atoms with van der Waals surface area (Å²) in [4.78, 5) is 0. The molecule has 1 aliphatic rings. The van der Waals surface area contributed by atoms with Crippen LogP contribution < -0.4 is 5.73 Å². The van der Waals surface area contributed by atoms with Crippen LogP contribution in [0.5, 0.6) is 0 Å². The summed E-state index contributed by atoms with van der Waals surface area (Å²) in [5.41, 5.74) is 8.96. The highest BCUT2D eigenvalue weighted by Gasteiger charge is 2.16. The summed E-state index contributed by atoms with van der Waals surface area (Å²) in [6.45, 7) is 4.36.